The molecule has 0 bridgehead atoms. The number of nitrogens with two attached hydrogens (primary N) is 1. The van der Waals surface area contributed by atoms with Crippen LogP contribution in [0.1, 0.15) is 10.8 Å². The largest absolute Gasteiger partial charge is 0.398 e. The van der Waals surface area contributed by atoms with Crippen molar-refractivity contribution in [2.75, 3.05) is 26.1 Å². The van der Waals surface area contributed by atoms with E-state index in [9.17, 15) is 4.79 Å². The fraction of sp³-hybridized carbons (Fsp3) is 0.364. The molecule has 15 heavy (non-hydrogen) atoms. The molecule has 0 aliphatic carbocycles. The monoisotopic (exact) mass is 224 g/mol. The second-order valence-corrected chi connectivity index (χ2v) is 4.42. The molecule has 0 aliphatic heterocycles. The van der Waals surface area contributed by atoms with E-state index in [0.29, 0.717) is 5.69 Å². The molecule has 1 aromatic rings. The van der Waals surface area contributed by atoms with E-state index in [-0.39, 0.29) is 11.2 Å². The predicted octanol–water partition coefficient (Wildman–Crippen LogP) is 1.76. The number of anilines is 1. The highest BCUT2D eigenvalue weighted by atomic mass is 32.2. The van der Waals surface area contributed by atoms with Crippen LogP contribution in [0.5, 0.6) is 0 Å². The van der Waals surface area contributed by atoms with E-state index in [1.807, 2.05) is 30.5 Å². The molecule has 1 rings (SSSR count). The van der Waals surface area contributed by atoms with Crippen LogP contribution in [0, 0.1) is 0 Å². The molecule has 1 atom stereocenters. The molecule has 0 saturated carbocycles. The number of nitrogen functional groups attached to an aromatic ring is 1. The summed E-state index contributed by atoms with van der Waals surface area (Å²) in [5.41, 5.74) is 7.42. The number of likely N-dealkylation sites (N-methyl/N-ethyl adjacent to an activating group) is 1. The molecule has 1 unspecified atom stereocenters. The van der Waals surface area contributed by atoms with Crippen LogP contribution < -0.4 is 5.73 Å². The van der Waals surface area contributed by atoms with Crippen molar-refractivity contribution in [3.8, 4) is 0 Å². The quantitative estimate of drug-likeness (QED) is 0.796. The molecule has 0 aliphatic rings. The standard InChI is InChI=1S/C11H16N2OS/c1-13(2)11(14)10(15-3)8-6-4-5-7-9(8)12/h4-7,10H,12H2,1-3H3. The Kier molecular flexibility index (Phi) is 4.03. The van der Waals surface area contributed by atoms with Crippen molar-refractivity contribution in [3.05, 3.63) is 29.8 Å². The maximum atomic E-state index is 11.9. The number of hydrogen-bond donors (Lipinski definition) is 1. The topological polar surface area (TPSA) is 46.3 Å². The van der Waals surface area contributed by atoms with E-state index in [1.54, 1.807) is 19.0 Å². The number of benzene rings is 1. The van der Waals surface area contributed by atoms with Crippen LogP contribution in [-0.4, -0.2) is 31.2 Å². The third-order valence-corrected chi connectivity index (χ3v) is 3.11. The lowest BCUT2D eigenvalue weighted by Crippen LogP contribution is -2.27. The molecule has 0 radical (unpaired) electrons. The van der Waals surface area contributed by atoms with Crippen molar-refractivity contribution in [2.24, 2.45) is 0 Å². The summed E-state index contributed by atoms with van der Waals surface area (Å²) in [4.78, 5) is 13.5. The lowest BCUT2D eigenvalue weighted by Gasteiger charge is -2.20. The Bertz CT molecular complexity index is 352. The second kappa shape index (κ2) is 5.07. The minimum atomic E-state index is -0.207. The Balaban J connectivity index is 3.03. The molecule has 1 aromatic carbocycles. The van der Waals surface area contributed by atoms with Gasteiger partial charge in [-0.2, -0.15) is 0 Å². The zero-order valence-corrected chi connectivity index (χ0v) is 10.0. The summed E-state index contributed by atoms with van der Waals surface area (Å²) in [6.07, 6.45) is 1.92. The number of para-hydroxylation sites is 1. The summed E-state index contributed by atoms with van der Waals surface area (Å²) in [6.45, 7) is 0. The highest BCUT2D eigenvalue weighted by Gasteiger charge is 2.22. The van der Waals surface area contributed by atoms with Gasteiger partial charge in [0.1, 0.15) is 5.25 Å². The second-order valence-electron chi connectivity index (χ2n) is 3.48. The van der Waals surface area contributed by atoms with Gasteiger partial charge in [0, 0.05) is 19.8 Å². The molecule has 0 aromatic heterocycles. The van der Waals surface area contributed by atoms with Crippen molar-refractivity contribution >= 4 is 23.4 Å². The Labute approximate surface area is 94.6 Å². The van der Waals surface area contributed by atoms with Gasteiger partial charge in [-0.15, -0.1) is 11.8 Å². The molecule has 0 saturated heterocycles. The summed E-state index contributed by atoms with van der Waals surface area (Å²) < 4.78 is 0. The fourth-order valence-electron chi connectivity index (χ4n) is 1.34. The first-order valence-electron chi connectivity index (χ1n) is 4.66. The van der Waals surface area contributed by atoms with Gasteiger partial charge < -0.3 is 10.6 Å². The van der Waals surface area contributed by atoms with Gasteiger partial charge in [-0.25, -0.2) is 0 Å². The van der Waals surface area contributed by atoms with Gasteiger partial charge in [0.05, 0.1) is 0 Å². The molecule has 1 amide bonds. The number of carbonyl (C=O) groups excluding carboxylic acids is 1. The first-order chi connectivity index (χ1) is 7.07. The van der Waals surface area contributed by atoms with E-state index < -0.39 is 0 Å². The SMILES string of the molecule is CSC(C(=O)N(C)C)c1ccccc1N. The summed E-state index contributed by atoms with van der Waals surface area (Å²) in [5, 5.41) is -0.207. The maximum Gasteiger partial charge on any atom is 0.239 e. The minimum absolute atomic E-state index is 0.0698. The molecular weight excluding hydrogens is 208 g/mol. The minimum Gasteiger partial charge on any atom is -0.398 e. The van der Waals surface area contributed by atoms with Crippen LogP contribution in [0.2, 0.25) is 0 Å². The van der Waals surface area contributed by atoms with Gasteiger partial charge in [-0.3, -0.25) is 4.79 Å². The third-order valence-electron chi connectivity index (χ3n) is 2.18. The predicted molar refractivity (Wildman–Crippen MR) is 65.8 cm³/mol. The number of nitrogens with zero attached hydrogens (tertiary/aromatic N) is 1. The van der Waals surface area contributed by atoms with Crippen molar-refractivity contribution < 1.29 is 4.79 Å². The van der Waals surface area contributed by atoms with E-state index in [1.165, 1.54) is 11.8 Å². The molecule has 0 fully saturated rings. The van der Waals surface area contributed by atoms with E-state index in [0.717, 1.165) is 5.56 Å². The molecule has 3 nitrogen and oxygen atoms in total. The number of rotatable bonds is 3. The summed E-state index contributed by atoms with van der Waals surface area (Å²) in [5.74, 6) is 0.0698. The number of hydrogen-bond acceptors (Lipinski definition) is 3. The average Bonchev–Trinajstić information content (AvgIpc) is 2.21. The Morgan fingerprint density at radius 2 is 2.00 bits per heavy atom. The van der Waals surface area contributed by atoms with Crippen LogP contribution in [0.15, 0.2) is 24.3 Å². The molecular formula is C11H16N2OS. The third kappa shape index (κ3) is 2.65. The van der Waals surface area contributed by atoms with Gasteiger partial charge in [0.15, 0.2) is 0 Å². The average molecular weight is 224 g/mol. The van der Waals surface area contributed by atoms with Gasteiger partial charge in [-0.1, -0.05) is 18.2 Å². The normalized spacial score (nSPS) is 12.2. The van der Waals surface area contributed by atoms with Crippen molar-refractivity contribution in [2.45, 2.75) is 5.25 Å². The van der Waals surface area contributed by atoms with Crippen LogP contribution in [0.25, 0.3) is 0 Å². The Morgan fingerprint density at radius 1 is 1.40 bits per heavy atom. The molecule has 82 valence electrons. The number of thioether (sulfide) groups is 1. The lowest BCUT2D eigenvalue weighted by atomic mass is 10.1. The first-order valence-corrected chi connectivity index (χ1v) is 5.95. The van der Waals surface area contributed by atoms with Crippen LogP contribution in [0.4, 0.5) is 5.69 Å². The van der Waals surface area contributed by atoms with Gasteiger partial charge in [0.2, 0.25) is 5.91 Å². The maximum absolute atomic E-state index is 11.9. The summed E-state index contributed by atoms with van der Waals surface area (Å²) in [6, 6.07) is 7.49. The molecule has 4 heteroatoms. The van der Waals surface area contributed by atoms with Crippen molar-refractivity contribution in [1.82, 2.24) is 4.90 Å². The van der Waals surface area contributed by atoms with Crippen LogP contribution in [0.3, 0.4) is 0 Å². The smallest absolute Gasteiger partial charge is 0.239 e. The van der Waals surface area contributed by atoms with E-state index in [2.05, 4.69) is 0 Å². The zero-order chi connectivity index (χ0) is 11.4. The van der Waals surface area contributed by atoms with Crippen LogP contribution >= 0.6 is 11.8 Å². The molecule has 2 N–H and O–H groups in total. The number of carbonyl (C=O) groups is 1. The Hall–Kier alpha value is -1.16. The van der Waals surface area contributed by atoms with Gasteiger partial charge in [-0.05, 0) is 17.9 Å². The van der Waals surface area contributed by atoms with Gasteiger partial charge >= 0.3 is 0 Å². The van der Waals surface area contributed by atoms with E-state index >= 15 is 0 Å². The van der Waals surface area contributed by atoms with Crippen LogP contribution in [-0.2, 0) is 4.79 Å². The molecule has 0 spiro atoms. The lowest BCUT2D eigenvalue weighted by molar-refractivity contribution is -0.128. The summed E-state index contributed by atoms with van der Waals surface area (Å²) in [7, 11) is 3.51. The summed E-state index contributed by atoms with van der Waals surface area (Å²) >= 11 is 1.50. The highest BCUT2D eigenvalue weighted by Crippen LogP contribution is 2.31. The van der Waals surface area contributed by atoms with Crippen molar-refractivity contribution in [1.29, 1.82) is 0 Å². The first kappa shape index (κ1) is 11.9. The van der Waals surface area contributed by atoms with Gasteiger partial charge in [0.25, 0.3) is 0 Å². The fourth-order valence-corrected chi connectivity index (χ4v) is 2.23. The Morgan fingerprint density at radius 3 is 2.47 bits per heavy atom. The zero-order valence-electron chi connectivity index (χ0n) is 9.23. The van der Waals surface area contributed by atoms with Crippen molar-refractivity contribution in [3.63, 3.8) is 0 Å². The highest BCUT2D eigenvalue weighted by molar-refractivity contribution is 7.99. The molecule has 0 heterocycles. The van der Waals surface area contributed by atoms with E-state index in [4.69, 9.17) is 5.73 Å². The number of amides is 1.